The topological polar surface area (TPSA) is 59.2 Å². The average Bonchev–Trinajstić information content (AvgIpc) is 2.48. The van der Waals surface area contributed by atoms with E-state index in [-0.39, 0.29) is 5.91 Å². The zero-order valence-electron chi connectivity index (χ0n) is 11.5. The Balaban J connectivity index is 1.88. The van der Waals surface area contributed by atoms with Crippen molar-refractivity contribution in [3.63, 3.8) is 0 Å². The van der Waals surface area contributed by atoms with E-state index in [4.69, 9.17) is 5.73 Å². The maximum atomic E-state index is 12.6. The van der Waals surface area contributed by atoms with E-state index in [1.807, 2.05) is 24.0 Å². The first-order valence-electron chi connectivity index (χ1n) is 6.73. The van der Waals surface area contributed by atoms with Crippen LogP contribution in [0, 0.1) is 6.92 Å². The molecule has 0 fully saturated rings. The van der Waals surface area contributed by atoms with Gasteiger partial charge in [-0.05, 0) is 30.5 Å². The first-order chi connectivity index (χ1) is 9.65. The molecule has 0 unspecified atom stereocenters. The molecular formula is C16H17N3O. The van der Waals surface area contributed by atoms with E-state index in [1.54, 1.807) is 12.3 Å². The van der Waals surface area contributed by atoms with Crippen LogP contribution in [0.4, 0.5) is 5.69 Å². The molecule has 0 radical (unpaired) electrons. The third-order valence-electron chi connectivity index (χ3n) is 3.76. The van der Waals surface area contributed by atoms with Crippen molar-refractivity contribution in [2.45, 2.75) is 19.9 Å². The number of hydrogen-bond donors (Lipinski definition) is 1. The van der Waals surface area contributed by atoms with E-state index in [0.717, 1.165) is 18.7 Å². The summed E-state index contributed by atoms with van der Waals surface area (Å²) >= 11 is 0. The fourth-order valence-corrected chi connectivity index (χ4v) is 2.61. The lowest BCUT2D eigenvalue weighted by Gasteiger charge is -2.29. The predicted octanol–water partition coefficient (Wildman–Crippen LogP) is 2.17. The molecule has 2 aromatic rings. The summed E-state index contributed by atoms with van der Waals surface area (Å²) in [6.45, 7) is 3.23. The van der Waals surface area contributed by atoms with Gasteiger partial charge in [0.2, 0.25) is 0 Å². The molecule has 0 atom stereocenters. The van der Waals surface area contributed by atoms with Gasteiger partial charge in [0, 0.05) is 13.1 Å². The zero-order chi connectivity index (χ0) is 14.1. The molecule has 0 saturated heterocycles. The average molecular weight is 267 g/mol. The van der Waals surface area contributed by atoms with Gasteiger partial charge < -0.3 is 10.6 Å². The molecule has 4 nitrogen and oxygen atoms in total. The number of nitrogens with two attached hydrogens (primary N) is 1. The number of pyridine rings is 1. The van der Waals surface area contributed by atoms with Crippen LogP contribution in [0.3, 0.4) is 0 Å². The van der Waals surface area contributed by atoms with Gasteiger partial charge in [0.25, 0.3) is 5.91 Å². The number of nitrogens with zero attached hydrogens (tertiary/aromatic N) is 2. The Morgan fingerprint density at radius 3 is 2.85 bits per heavy atom. The molecule has 0 saturated carbocycles. The van der Waals surface area contributed by atoms with Gasteiger partial charge in [-0.3, -0.25) is 9.78 Å². The number of benzene rings is 1. The van der Waals surface area contributed by atoms with Crippen molar-refractivity contribution < 1.29 is 4.79 Å². The number of carbonyl (C=O) groups excluding carboxylic acids is 1. The molecule has 2 heterocycles. The van der Waals surface area contributed by atoms with E-state index in [0.29, 0.717) is 17.8 Å². The number of anilines is 1. The molecule has 0 spiro atoms. The minimum absolute atomic E-state index is 0.0109. The number of hydrogen-bond acceptors (Lipinski definition) is 3. The molecule has 2 N–H and O–H groups in total. The summed E-state index contributed by atoms with van der Waals surface area (Å²) in [6.07, 6.45) is 2.48. The number of nitrogen functional groups attached to an aromatic ring is 1. The highest BCUT2D eigenvalue weighted by Crippen LogP contribution is 2.21. The Bertz CT molecular complexity index is 667. The van der Waals surface area contributed by atoms with Gasteiger partial charge in [0.05, 0.1) is 23.1 Å². The van der Waals surface area contributed by atoms with E-state index >= 15 is 0 Å². The lowest BCUT2D eigenvalue weighted by Crippen LogP contribution is -2.36. The van der Waals surface area contributed by atoms with Crippen LogP contribution in [0.2, 0.25) is 0 Å². The summed E-state index contributed by atoms with van der Waals surface area (Å²) in [6, 6.07) is 9.98. The standard InChI is InChI=1S/C16H17N3O/c1-11-15(8-14(17)9-18-11)16(20)19-7-6-12-4-2-3-5-13(12)10-19/h2-5,8-9H,6-7,10,17H2,1H3. The normalized spacial score (nSPS) is 13.9. The summed E-state index contributed by atoms with van der Waals surface area (Å²) in [5.41, 5.74) is 10.1. The maximum Gasteiger partial charge on any atom is 0.256 e. The van der Waals surface area contributed by atoms with Crippen molar-refractivity contribution in [1.29, 1.82) is 0 Å². The zero-order valence-corrected chi connectivity index (χ0v) is 11.5. The lowest BCUT2D eigenvalue weighted by atomic mass is 9.99. The van der Waals surface area contributed by atoms with E-state index in [1.165, 1.54) is 11.1 Å². The molecule has 102 valence electrons. The van der Waals surface area contributed by atoms with Crippen molar-refractivity contribution in [2.24, 2.45) is 0 Å². The van der Waals surface area contributed by atoms with E-state index in [2.05, 4.69) is 17.1 Å². The largest absolute Gasteiger partial charge is 0.397 e. The molecule has 1 aliphatic rings. The van der Waals surface area contributed by atoms with Crippen LogP contribution in [-0.4, -0.2) is 22.3 Å². The molecule has 1 aromatic heterocycles. The number of rotatable bonds is 1. The highest BCUT2D eigenvalue weighted by atomic mass is 16.2. The predicted molar refractivity (Wildman–Crippen MR) is 78.3 cm³/mol. The Morgan fingerprint density at radius 2 is 2.05 bits per heavy atom. The van der Waals surface area contributed by atoms with Gasteiger partial charge in [0.1, 0.15) is 0 Å². The summed E-state index contributed by atoms with van der Waals surface area (Å²) in [5.74, 6) is 0.0109. The van der Waals surface area contributed by atoms with Crippen LogP contribution in [0.1, 0.15) is 27.2 Å². The van der Waals surface area contributed by atoms with Gasteiger partial charge in [-0.1, -0.05) is 24.3 Å². The number of carbonyl (C=O) groups is 1. The molecule has 1 aromatic carbocycles. The second kappa shape index (κ2) is 4.96. The SMILES string of the molecule is Cc1ncc(N)cc1C(=O)N1CCc2ccccc2C1. The Kier molecular flexibility index (Phi) is 3.14. The van der Waals surface area contributed by atoms with E-state index < -0.39 is 0 Å². The van der Waals surface area contributed by atoms with Crippen molar-refractivity contribution >= 4 is 11.6 Å². The number of aryl methyl sites for hydroxylation is 1. The smallest absolute Gasteiger partial charge is 0.256 e. The number of amides is 1. The Hall–Kier alpha value is -2.36. The molecule has 1 amide bonds. The van der Waals surface area contributed by atoms with Crippen LogP contribution in [0.5, 0.6) is 0 Å². The minimum Gasteiger partial charge on any atom is -0.397 e. The molecule has 4 heteroatoms. The van der Waals surface area contributed by atoms with Crippen molar-refractivity contribution in [2.75, 3.05) is 12.3 Å². The maximum absolute atomic E-state index is 12.6. The molecule has 0 bridgehead atoms. The summed E-state index contributed by atoms with van der Waals surface area (Å²) in [7, 11) is 0. The summed E-state index contributed by atoms with van der Waals surface area (Å²) in [5, 5.41) is 0. The fourth-order valence-electron chi connectivity index (χ4n) is 2.61. The summed E-state index contributed by atoms with van der Waals surface area (Å²) in [4.78, 5) is 18.6. The first kappa shape index (κ1) is 12.7. The fraction of sp³-hybridized carbons (Fsp3) is 0.250. The van der Waals surface area contributed by atoms with E-state index in [9.17, 15) is 4.79 Å². The molecule has 3 rings (SSSR count). The second-order valence-electron chi connectivity index (χ2n) is 5.15. The van der Waals surface area contributed by atoms with Gasteiger partial charge in [-0.25, -0.2) is 0 Å². The first-order valence-corrected chi connectivity index (χ1v) is 6.73. The highest BCUT2D eigenvalue weighted by Gasteiger charge is 2.23. The second-order valence-corrected chi connectivity index (χ2v) is 5.15. The summed E-state index contributed by atoms with van der Waals surface area (Å²) < 4.78 is 0. The van der Waals surface area contributed by atoms with Crippen LogP contribution in [-0.2, 0) is 13.0 Å². The van der Waals surface area contributed by atoms with Crippen LogP contribution >= 0.6 is 0 Å². The number of aromatic nitrogens is 1. The van der Waals surface area contributed by atoms with Gasteiger partial charge in [0.15, 0.2) is 0 Å². The monoisotopic (exact) mass is 267 g/mol. The van der Waals surface area contributed by atoms with Gasteiger partial charge in [-0.15, -0.1) is 0 Å². The molecule has 20 heavy (non-hydrogen) atoms. The quantitative estimate of drug-likeness (QED) is 0.861. The lowest BCUT2D eigenvalue weighted by molar-refractivity contribution is 0.0733. The number of fused-ring (bicyclic) bond motifs is 1. The van der Waals surface area contributed by atoms with Gasteiger partial charge >= 0.3 is 0 Å². The van der Waals surface area contributed by atoms with Gasteiger partial charge in [-0.2, -0.15) is 0 Å². The highest BCUT2D eigenvalue weighted by molar-refractivity contribution is 5.96. The third kappa shape index (κ3) is 2.25. The third-order valence-corrected chi connectivity index (χ3v) is 3.76. The van der Waals surface area contributed by atoms with Crippen molar-refractivity contribution in [1.82, 2.24) is 9.88 Å². The van der Waals surface area contributed by atoms with Crippen LogP contribution in [0.15, 0.2) is 36.5 Å². The molecule has 1 aliphatic heterocycles. The Morgan fingerprint density at radius 1 is 1.30 bits per heavy atom. The van der Waals surface area contributed by atoms with Crippen LogP contribution < -0.4 is 5.73 Å². The Labute approximate surface area is 118 Å². The van der Waals surface area contributed by atoms with Crippen molar-refractivity contribution in [3.8, 4) is 0 Å². The van der Waals surface area contributed by atoms with Crippen molar-refractivity contribution in [3.05, 3.63) is 58.9 Å². The molecule has 0 aliphatic carbocycles. The van der Waals surface area contributed by atoms with Crippen LogP contribution in [0.25, 0.3) is 0 Å². The minimum atomic E-state index is 0.0109. The molecular weight excluding hydrogens is 250 g/mol.